The molecule has 16 heavy (non-hydrogen) atoms. The van der Waals surface area contributed by atoms with Crippen LogP contribution in [0.3, 0.4) is 0 Å². The van der Waals surface area contributed by atoms with Crippen molar-refractivity contribution in [1.29, 1.82) is 0 Å². The van der Waals surface area contributed by atoms with Crippen LogP contribution < -0.4 is 10.6 Å². The number of aromatic nitrogens is 3. The van der Waals surface area contributed by atoms with Crippen LogP contribution in [0.2, 0.25) is 0 Å². The minimum Gasteiger partial charge on any atom is -0.366 e. The molecule has 2 aromatic rings. The second-order valence-corrected chi connectivity index (χ2v) is 4.21. The molecule has 0 aromatic carbocycles. The van der Waals surface area contributed by atoms with Gasteiger partial charge < -0.3 is 10.6 Å². The van der Waals surface area contributed by atoms with E-state index in [-0.39, 0.29) is 0 Å². The molecule has 3 rings (SSSR count). The molecule has 0 saturated carbocycles. The van der Waals surface area contributed by atoms with Crippen LogP contribution in [-0.2, 0) is 7.05 Å². The molecule has 1 atom stereocenters. The first-order valence-electron chi connectivity index (χ1n) is 5.59. The molecule has 0 amide bonds. The number of hydrogen-bond donors (Lipinski definition) is 2. The van der Waals surface area contributed by atoms with Gasteiger partial charge in [-0.05, 0) is 25.1 Å². The summed E-state index contributed by atoms with van der Waals surface area (Å²) in [6.45, 7) is 2.11. The number of rotatable bonds is 2. The molecule has 1 aliphatic rings. The maximum atomic E-state index is 4.56. The van der Waals surface area contributed by atoms with Gasteiger partial charge in [-0.25, -0.2) is 4.98 Å². The zero-order chi connectivity index (χ0) is 11.0. The second kappa shape index (κ2) is 3.75. The average Bonchev–Trinajstić information content (AvgIpc) is 2.90. The Morgan fingerprint density at radius 2 is 2.44 bits per heavy atom. The zero-order valence-electron chi connectivity index (χ0n) is 9.27. The zero-order valence-corrected chi connectivity index (χ0v) is 9.27. The van der Waals surface area contributed by atoms with Crippen molar-refractivity contribution in [3.05, 3.63) is 18.3 Å². The Balaban J connectivity index is 1.88. The molecule has 0 bridgehead atoms. The standard InChI is InChI=1S/C11H15N5/c1-16-11-8(6-13-16)2-3-10(15-11)14-9-4-5-12-7-9/h2-3,6,9,12H,4-5,7H2,1H3,(H,14,15). The van der Waals surface area contributed by atoms with Gasteiger partial charge in [-0.15, -0.1) is 0 Å². The Morgan fingerprint density at radius 3 is 3.25 bits per heavy atom. The first-order valence-corrected chi connectivity index (χ1v) is 5.59. The van der Waals surface area contributed by atoms with E-state index in [9.17, 15) is 0 Å². The minimum atomic E-state index is 0.498. The van der Waals surface area contributed by atoms with Crippen molar-refractivity contribution < 1.29 is 0 Å². The first kappa shape index (κ1) is 9.59. The minimum absolute atomic E-state index is 0.498. The van der Waals surface area contributed by atoms with E-state index in [1.165, 1.54) is 0 Å². The van der Waals surface area contributed by atoms with Crippen molar-refractivity contribution >= 4 is 16.9 Å². The summed E-state index contributed by atoms with van der Waals surface area (Å²) in [7, 11) is 1.91. The molecular weight excluding hydrogens is 202 g/mol. The molecule has 0 spiro atoms. The van der Waals surface area contributed by atoms with Crippen molar-refractivity contribution in [2.24, 2.45) is 7.05 Å². The maximum absolute atomic E-state index is 4.56. The van der Waals surface area contributed by atoms with Gasteiger partial charge in [-0.2, -0.15) is 5.10 Å². The number of fused-ring (bicyclic) bond motifs is 1. The van der Waals surface area contributed by atoms with E-state index in [0.717, 1.165) is 36.4 Å². The van der Waals surface area contributed by atoms with Gasteiger partial charge in [-0.1, -0.05) is 0 Å². The Kier molecular flexibility index (Phi) is 2.25. The summed E-state index contributed by atoms with van der Waals surface area (Å²) in [5, 5.41) is 12.0. The third-order valence-corrected chi connectivity index (χ3v) is 2.99. The molecule has 84 valence electrons. The fraction of sp³-hybridized carbons (Fsp3) is 0.455. The third-order valence-electron chi connectivity index (χ3n) is 2.99. The van der Waals surface area contributed by atoms with Gasteiger partial charge in [0.05, 0.1) is 6.20 Å². The predicted octanol–water partition coefficient (Wildman–Crippen LogP) is 0.742. The molecule has 3 heterocycles. The summed E-state index contributed by atoms with van der Waals surface area (Å²) in [6, 6.07) is 4.57. The van der Waals surface area contributed by atoms with E-state index in [1.807, 2.05) is 19.3 Å². The highest BCUT2D eigenvalue weighted by Gasteiger charge is 2.14. The van der Waals surface area contributed by atoms with Crippen LogP contribution in [0.15, 0.2) is 18.3 Å². The smallest absolute Gasteiger partial charge is 0.159 e. The van der Waals surface area contributed by atoms with Crippen LogP contribution in [-0.4, -0.2) is 33.9 Å². The number of pyridine rings is 1. The van der Waals surface area contributed by atoms with E-state index in [2.05, 4.69) is 26.8 Å². The highest BCUT2D eigenvalue weighted by atomic mass is 15.3. The third kappa shape index (κ3) is 1.63. The van der Waals surface area contributed by atoms with Crippen LogP contribution in [0.1, 0.15) is 6.42 Å². The van der Waals surface area contributed by atoms with Crippen molar-refractivity contribution in [3.63, 3.8) is 0 Å². The molecule has 5 heteroatoms. The molecule has 1 fully saturated rings. The van der Waals surface area contributed by atoms with Gasteiger partial charge in [0, 0.05) is 25.0 Å². The van der Waals surface area contributed by atoms with Gasteiger partial charge in [-0.3, -0.25) is 4.68 Å². The predicted molar refractivity (Wildman–Crippen MR) is 63.4 cm³/mol. The molecule has 2 aromatic heterocycles. The van der Waals surface area contributed by atoms with Crippen molar-refractivity contribution in [2.45, 2.75) is 12.5 Å². The summed E-state index contributed by atoms with van der Waals surface area (Å²) < 4.78 is 1.80. The van der Waals surface area contributed by atoms with E-state index >= 15 is 0 Å². The van der Waals surface area contributed by atoms with Crippen molar-refractivity contribution in [3.8, 4) is 0 Å². The Bertz CT molecular complexity index is 498. The van der Waals surface area contributed by atoms with E-state index in [4.69, 9.17) is 0 Å². The Morgan fingerprint density at radius 1 is 1.50 bits per heavy atom. The molecule has 2 N–H and O–H groups in total. The average molecular weight is 217 g/mol. The fourth-order valence-corrected chi connectivity index (χ4v) is 2.09. The summed E-state index contributed by atoms with van der Waals surface area (Å²) in [4.78, 5) is 4.56. The number of hydrogen-bond acceptors (Lipinski definition) is 4. The first-order chi connectivity index (χ1) is 7.83. The molecule has 1 aliphatic heterocycles. The molecule has 1 unspecified atom stereocenters. The van der Waals surface area contributed by atoms with E-state index < -0.39 is 0 Å². The number of nitrogens with one attached hydrogen (secondary N) is 2. The van der Waals surface area contributed by atoms with Crippen LogP contribution in [0, 0.1) is 0 Å². The normalized spacial score (nSPS) is 20.4. The van der Waals surface area contributed by atoms with E-state index in [0.29, 0.717) is 6.04 Å². The molecular formula is C11H15N5. The number of aryl methyl sites for hydroxylation is 1. The molecule has 0 radical (unpaired) electrons. The monoisotopic (exact) mass is 217 g/mol. The quantitative estimate of drug-likeness (QED) is 0.779. The fourth-order valence-electron chi connectivity index (χ4n) is 2.09. The topological polar surface area (TPSA) is 54.8 Å². The summed E-state index contributed by atoms with van der Waals surface area (Å²) in [5.74, 6) is 0.935. The van der Waals surface area contributed by atoms with Crippen molar-refractivity contribution in [1.82, 2.24) is 20.1 Å². The molecule has 0 aliphatic carbocycles. The lowest BCUT2D eigenvalue weighted by molar-refractivity contribution is 0.776. The lowest BCUT2D eigenvalue weighted by atomic mass is 10.2. The van der Waals surface area contributed by atoms with Crippen LogP contribution >= 0.6 is 0 Å². The summed E-state index contributed by atoms with van der Waals surface area (Å²) in [5.41, 5.74) is 0.927. The number of nitrogens with zero attached hydrogens (tertiary/aromatic N) is 3. The SMILES string of the molecule is Cn1ncc2ccc(NC3CCNC3)nc21. The van der Waals surface area contributed by atoms with Gasteiger partial charge >= 0.3 is 0 Å². The van der Waals surface area contributed by atoms with Gasteiger partial charge in [0.2, 0.25) is 0 Å². The van der Waals surface area contributed by atoms with E-state index in [1.54, 1.807) is 4.68 Å². The highest BCUT2D eigenvalue weighted by molar-refractivity contribution is 5.76. The maximum Gasteiger partial charge on any atom is 0.159 e. The lowest BCUT2D eigenvalue weighted by Crippen LogP contribution is -2.22. The van der Waals surface area contributed by atoms with Crippen molar-refractivity contribution in [2.75, 3.05) is 18.4 Å². The van der Waals surface area contributed by atoms with Crippen LogP contribution in [0.25, 0.3) is 11.0 Å². The Hall–Kier alpha value is -1.62. The van der Waals surface area contributed by atoms with Gasteiger partial charge in [0.1, 0.15) is 5.82 Å². The van der Waals surface area contributed by atoms with Gasteiger partial charge in [0.25, 0.3) is 0 Å². The van der Waals surface area contributed by atoms with Crippen LogP contribution in [0.4, 0.5) is 5.82 Å². The molecule has 5 nitrogen and oxygen atoms in total. The number of anilines is 1. The highest BCUT2D eigenvalue weighted by Crippen LogP contribution is 2.15. The van der Waals surface area contributed by atoms with Gasteiger partial charge in [0.15, 0.2) is 5.65 Å². The summed E-state index contributed by atoms with van der Waals surface area (Å²) >= 11 is 0. The summed E-state index contributed by atoms with van der Waals surface area (Å²) in [6.07, 6.45) is 2.99. The lowest BCUT2D eigenvalue weighted by Gasteiger charge is -2.11. The second-order valence-electron chi connectivity index (χ2n) is 4.21. The molecule has 1 saturated heterocycles. The van der Waals surface area contributed by atoms with Crippen LogP contribution in [0.5, 0.6) is 0 Å². The largest absolute Gasteiger partial charge is 0.366 e. The Labute approximate surface area is 93.9 Å².